The Morgan fingerprint density at radius 1 is 0.833 bits per heavy atom. The van der Waals surface area contributed by atoms with Crippen molar-refractivity contribution in [3.63, 3.8) is 0 Å². The van der Waals surface area contributed by atoms with Crippen molar-refractivity contribution in [3.05, 3.63) is 83.2 Å². The van der Waals surface area contributed by atoms with Crippen molar-refractivity contribution in [1.29, 1.82) is 0 Å². The SMILES string of the molecule is Cc1cc(C(=O)N2CCN(C(=O)c3ccc(F)c(F)c3)CC2)nn1-c1ccccc1. The quantitative estimate of drug-likeness (QED) is 0.667. The molecule has 3 aromatic rings. The Bertz CT molecular complexity index is 1090. The molecule has 4 rings (SSSR count). The third kappa shape index (κ3) is 3.80. The summed E-state index contributed by atoms with van der Waals surface area (Å²) in [7, 11) is 0. The summed E-state index contributed by atoms with van der Waals surface area (Å²) in [5, 5.41) is 4.44. The molecule has 1 aliphatic rings. The summed E-state index contributed by atoms with van der Waals surface area (Å²) in [5.74, 6) is -2.64. The van der Waals surface area contributed by atoms with E-state index < -0.39 is 11.6 Å². The zero-order valence-electron chi connectivity index (χ0n) is 16.4. The molecule has 1 aromatic heterocycles. The number of rotatable bonds is 3. The van der Waals surface area contributed by atoms with Crippen molar-refractivity contribution in [2.75, 3.05) is 26.2 Å². The zero-order valence-corrected chi connectivity index (χ0v) is 16.4. The third-order valence-electron chi connectivity index (χ3n) is 5.13. The van der Waals surface area contributed by atoms with Gasteiger partial charge in [0, 0.05) is 37.4 Å². The second-order valence-corrected chi connectivity index (χ2v) is 7.13. The first-order chi connectivity index (χ1) is 14.4. The monoisotopic (exact) mass is 410 g/mol. The molecule has 2 amide bonds. The van der Waals surface area contributed by atoms with Gasteiger partial charge in [-0.15, -0.1) is 0 Å². The maximum Gasteiger partial charge on any atom is 0.274 e. The molecule has 1 aliphatic heterocycles. The molecule has 30 heavy (non-hydrogen) atoms. The summed E-state index contributed by atoms with van der Waals surface area (Å²) in [6.45, 7) is 3.18. The zero-order chi connectivity index (χ0) is 21.3. The molecule has 154 valence electrons. The number of amides is 2. The van der Waals surface area contributed by atoms with Gasteiger partial charge >= 0.3 is 0 Å². The number of piperazine rings is 1. The molecule has 0 radical (unpaired) electrons. The summed E-state index contributed by atoms with van der Waals surface area (Å²) in [6, 6.07) is 14.4. The van der Waals surface area contributed by atoms with Crippen LogP contribution in [0, 0.1) is 18.6 Å². The van der Waals surface area contributed by atoms with E-state index in [4.69, 9.17) is 0 Å². The lowest BCUT2D eigenvalue weighted by molar-refractivity contribution is 0.0531. The van der Waals surface area contributed by atoms with Crippen molar-refractivity contribution in [1.82, 2.24) is 19.6 Å². The van der Waals surface area contributed by atoms with Crippen LogP contribution in [0.1, 0.15) is 26.5 Å². The van der Waals surface area contributed by atoms with E-state index >= 15 is 0 Å². The number of para-hydroxylation sites is 1. The first-order valence-corrected chi connectivity index (χ1v) is 9.60. The van der Waals surface area contributed by atoms with Gasteiger partial charge < -0.3 is 9.80 Å². The Hall–Kier alpha value is -3.55. The fourth-order valence-electron chi connectivity index (χ4n) is 3.50. The van der Waals surface area contributed by atoms with E-state index in [1.165, 1.54) is 11.0 Å². The molecule has 0 unspecified atom stereocenters. The minimum absolute atomic E-state index is 0.0888. The van der Waals surface area contributed by atoms with Crippen LogP contribution < -0.4 is 0 Å². The number of aromatic nitrogens is 2. The number of aryl methyl sites for hydroxylation is 1. The van der Waals surface area contributed by atoms with E-state index in [1.807, 2.05) is 37.3 Å². The highest BCUT2D eigenvalue weighted by atomic mass is 19.2. The fourth-order valence-corrected chi connectivity index (χ4v) is 3.50. The van der Waals surface area contributed by atoms with Crippen LogP contribution in [0.3, 0.4) is 0 Å². The lowest BCUT2D eigenvalue weighted by Crippen LogP contribution is -2.50. The number of benzene rings is 2. The van der Waals surface area contributed by atoms with Gasteiger partial charge in [-0.05, 0) is 43.3 Å². The maximum atomic E-state index is 13.4. The molecule has 2 heterocycles. The van der Waals surface area contributed by atoms with Gasteiger partial charge in [0.05, 0.1) is 5.69 Å². The Morgan fingerprint density at radius 2 is 1.47 bits per heavy atom. The van der Waals surface area contributed by atoms with Gasteiger partial charge in [0.2, 0.25) is 0 Å². The number of hydrogen-bond donors (Lipinski definition) is 0. The predicted octanol–water partition coefficient (Wildman–Crippen LogP) is 3.06. The Labute approximate surface area is 172 Å². The number of hydrogen-bond acceptors (Lipinski definition) is 3. The van der Waals surface area contributed by atoms with E-state index in [-0.39, 0.29) is 17.4 Å². The van der Waals surface area contributed by atoms with Crippen LogP contribution in [0.15, 0.2) is 54.6 Å². The van der Waals surface area contributed by atoms with Gasteiger partial charge in [-0.25, -0.2) is 13.5 Å². The molecule has 0 saturated carbocycles. The van der Waals surface area contributed by atoms with Crippen LogP contribution in [0.5, 0.6) is 0 Å². The molecule has 0 spiro atoms. The Morgan fingerprint density at radius 3 is 2.10 bits per heavy atom. The lowest BCUT2D eigenvalue weighted by atomic mass is 10.1. The second-order valence-electron chi connectivity index (χ2n) is 7.13. The van der Waals surface area contributed by atoms with E-state index in [0.717, 1.165) is 23.5 Å². The van der Waals surface area contributed by atoms with Crippen molar-refractivity contribution < 1.29 is 18.4 Å². The van der Waals surface area contributed by atoms with Crippen molar-refractivity contribution in [2.24, 2.45) is 0 Å². The second kappa shape index (κ2) is 8.06. The first-order valence-electron chi connectivity index (χ1n) is 9.60. The lowest BCUT2D eigenvalue weighted by Gasteiger charge is -2.34. The summed E-state index contributed by atoms with van der Waals surface area (Å²) in [4.78, 5) is 28.6. The average Bonchev–Trinajstić information content (AvgIpc) is 3.17. The van der Waals surface area contributed by atoms with Crippen molar-refractivity contribution in [3.8, 4) is 5.69 Å². The first kappa shape index (κ1) is 19.8. The van der Waals surface area contributed by atoms with E-state index in [9.17, 15) is 18.4 Å². The highest BCUT2D eigenvalue weighted by Gasteiger charge is 2.27. The van der Waals surface area contributed by atoms with E-state index in [2.05, 4.69) is 5.10 Å². The van der Waals surface area contributed by atoms with Gasteiger partial charge in [0.1, 0.15) is 0 Å². The molecule has 0 aliphatic carbocycles. The van der Waals surface area contributed by atoms with Gasteiger partial charge in [0.15, 0.2) is 17.3 Å². The standard InChI is InChI=1S/C22H20F2N4O2/c1-15-13-20(25-28(15)17-5-3-2-4-6-17)22(30)27-11-9-26(10-12-27)21(29)16-7-8-18(23)19(24)14-16/h2-8,13-14H,9-12H2,1H3. The largest absolute Gasteiger partial charge is 0.335 e. The molecule has 0 atom stereocenters. The predicted molar refractivity (Wildman–Crippen MR) is 106 cm³/mol. The average molecular weight is 410 g/mol. The number of nitrogens with zero attached hydrogens (tertiary/aromatic N) is 4. The molecular weight excluding hydrogens is 390 g/mol. The minimum atomic E-state index is -1.06. The van der Waals surface area contributed by atoms with Gasteiger partial charge in [-0.2, -0.15) is 5.10 Å². The minimum Gasteiger partial charge on any atom is -0.335 e. The van der Waals surface area contributed by atoms with Crippen LogP contribution in [0.25, 0.3) is 5.69 Å². The fraction of sp³-hybridized carbons (Fsp3) is 0.227. The molecule has 6 nitrogen and oxygen atoms in total. The maximum absolute atomic E-state index is 13.4. The van der Waals surface area contributed by atoms with Crippen molar-refractivity contribution >= 4 is 11.8 Å². The molecule has 1 saturated heterocycles. The Balaban J connectivity index is 1.42. The summed E-state index contributed by atoms with van der Waals surface area (Å²) in [5.41, 5.74) is 2.15. The molecule has 8 heteroatoms. The molecular formula is C22H20F2N4O2. The number of halogens is 2. The van der Waals surface area contributed by atoms with Crippen LogP contribution in [-0.4, -0.2) is 57.6 Å². The number of carbonyl (C=O) groups is 2. The normalized spacial score (nSPS) is 14.1. The highest BCUT2D eigenvalue weighted by Crippen LogP contribution is 2.16. The summed E-state index contributed by atoms with van der Waals surface area (Å²) >= 11 is 0. The molecule has 2 aromatic carbocycles. The Kier molecular flexibility index (Phi) is 5.31. The smallest absolute Gasteiger partial charge is 0.274 e. The van der Waals surface area contributed by atoms with E-state index in [0.29, 0.717) is 31.9 Å². The number of carbonyl (C=O) groups excluding carboxylic acids is 2. The van der Waals surface area contributed by atoms with Crippen LogP contribution in [0.4, 0.5) is 8.78 Å². The molecule has 1 fully saturated rings. The van der Waals surface area contributed by atoms with Crippen LogP contribution in [0.2, 0.25) is 0 Å². The highest BCUT2D eigenvalue weighted by molar-refractivity contribution is 5.95. The molecule has 0 bridgehead atoms. The summed E-state index contributed by atoms with van der Waals surface area (Å²) in [6.07, 6.45) is 0. The van der Waals surface area contributed by atoms with Gasteiger partial charge in [-0.1, -0.05) is 18.2 Å². The van der Waals surface area contributed by atoms with Crippen LogP contribution >= 0.6 is 0 Å². The third-order valence-corrected chi connectivity index (χ3v) is 5.13. The topological polar surface area (TPSA) is 58.4 Å². The summed E-state index contributed by atoms with van der Waals surface area (Å²) < 4.78 is 28.2. The van der Waals surface area contributed by atoms with Gasteiger partial charge in [-0.3, -0.25) is 9.59 Å². The van der Waals surface area contributed by atoms with E-state index in [1.54, 1.807) is 15.6 Å². The van der Waals surface area contributed by atoms with Crippen LogP contribution in [-0.2, 0) is 0 Å². The molecule has 0 N–H and O–H groups in total. The van der Waals surface area contributed by atoms with Crippen molar-refractivity contribution in [2.45, 2.75) is 6.92 Å². The van der Waals surface area contributed by atoms with Gasteiger partial charge in [0.25, 0.3) is 11.8 Å².